The van der Waals surface area contributed by atoms with E-state index in [1.807, 2.05) is 36.4 Å². The molecule has 142 valence electrons. The lowest BCUT2D eigenvalue weighted by Gasteiger charge is -2.22. The van der Waals surface area contributed by atoms with Gasteiger partial charge in [-0.15, -0.1) is 0 Å². The van der Waals surface area contributed by atoms with Crippen molar-refractivity contribution in [3.8, 4) is 0 Å². The maximum atomic E-state index is 12.6. The molecule has 2 aromatic rings. The fourth-order valence-corrected chi connectivity index (χ4v) is 3.02. The second kappa shape index (κ2) is 9.38. The van der Waals surface area contributed by atoms with Crippen LogP contribution in [0.15, 0.2) is 24.3 Å². The van der Waals surface area contributed by atoms with Gasteiger partial charge in [-0.3, -0.25) is 4.68 Å². The molecule has 0 bridgehead atoms. The molecule has 1 aromatic heterocycles. The Morgan fingerprint density at radius 2 is 2.08 bits per heavy atom. The zero-order valence-corrected chi connectivity index (χ0v) is 16.5. The van der Waals surface area contributed by atoms with Crippen molar-refractivity contribution >= 4 is 6.03 Å². The standard InChI is InChI=1S/C20H30N4O2/c1-6-23(14-18-9-7-8-15(2)12-18)20(25)21-13-19-16(3)22-24(17(19)4)10-11-26-5/h7-9,12H,6,10-11,13-14H2,1-5H3,(H,21,25). The summed E-state index contributed by atoms with van der Waals surface area (Å²) in [5.74, 6) is 0. The third kappa shape index (κ3) is 5.08. The van der Waals surface area contributed by atoms with Crippen LogP contribution in [0.1, 0.15) is 35.0 Å². The van der Waals surface area contributed by atoms with Crippen molar-refractivity contribution in [2.24, 2.45) is 0 Å². The van der Waals surface area contributed by atoms with Gasteiger partial charge in [0, 0.05) is 38.0 Å². The molecular formula is C20H30N4O2. The van der Waals surface area contributed by atoms with Crippen molar-refractivity contribution < 1.29 is 9.53 Å². The fraction of sp³-hybridized carbons (Fsp3) is 0.500. The van der Waals surface area contributed by atoms with Crippen molar-refractivity contribution in [3.05, 3.63) is 52.3 Å². The van der Waals surface area contributed by atoms with Crippen LogP contribution in [0.2, 0.25) is 0 Å². The van der Waals surface area contributed by atoms with Gasteiger partial charge in [-0.1, -0.05) is 29.8 Å². The van der Waals surface area contributed by atoms with Gasteiger partial charge < -0.3 is 15.0 Å². The van der Waals surface area contributed by atoms with Gasteiger partial charge in [0.1, 0.15) is 0 Å². The average molecular weight is 358 g/mol. The number of aryl methyl sites for hydroxylation is 2. The van der Waals surface area contributed by atoms with E-state index in [1.165, 1.54) is 5.56 Å². The number of hydrogen-bond donors (Lipinski definition) is 1. The van der Waals surface area contributed by atoms with Gasteiger partial charge in [0.05, 0.1) is 18.8 Å². The minimum absolute atomic E-state index is 0.0579. The maximum absolute atomic E-state index is 12.6. The number of nitrogens with zero attached hydrogens (tertiary/aromatic N) is 3. The van der Waals surface area contributed by atoms with Gasteiger partial charge in [-0.25, -0.2) is 4.79 Å². The van der Waals surface area contributed by atoms with Gasteiger partial charge in [0.15, 0.2) is 0 Å². The summed E-state index contributed by atoms with van der Waals surface area (Å²) in [6.45, 7) is 11.1. The quantitative estimate of drug-likeness (QED) is 0.788. The third-order valence-electron chi connectivity index (χ3n) is 4.58. The van der Waals surface area contributed by atoms with Crippen LogP contribution in [0.3, 0.4) is 0 Å². The number of nitrogens with one attached hydrogen (secondary N) is 1. The molecular weight excluding hydrogens is 328 g/mol. The van der Waals surface area contributed by atoms with E-state index >= 15 is 0 Å². The SMILES string of the molecule is CCN(Cc1cccc(C)c1)C(=O)NCc1c(C)nn(CCOC)c1C. The van der Waals surface area contributed by atoms with E-state index in [4.69, 9.17) is 4.74 Å². The number of ether oxygens (including phenoxy) is 1. The Morgan fingerprint density at radius 1 is 1.31 bits per heavy atom. The number of aromatic nitrogens is 2. The maximum Gasteiger partial charge on any atom is 0.317 e. The Morgan fingerprint density at radius 3 is 2.73 bits per heavy atom. The van der Waals surface area contributed by atoms with Gasteiger partial charge >= 0.3 is 6.03 Å². The minimum Gasteiger partial charge on any atom is -0.383 e. The van der Waals surface area contributed by atoms with Crippen molar-refractivity contribution in [1.29, 1.82) is 0 Å². The predicted molar refractivity (Wildman–Crippen MR) is 103 cm³/mol. The second-order valence-electron chi connectivity index (χ2n) is 6.53. The van der Waals surface area contributed by atoms with E-state index in [9.17, 15) is 4.79 Å². The molecule has 1 N–H and O–H groups in total. The Labute approximate surface area is 156 Å². The van der Waals surface area contributed by atoms with E-state index in [-0.39, 0.29) is 6.03 Å². The summed E-state index contributed by atoms with van der Waals surface area (Å²) < 4.78 is 7.06. The van der Waals surface area contributed by atoms with Crippen molar-refractivity contribution in [2.45, 2.75) is 47.3 Å². The lowest BCUT2D eigenvalue weighted by molar-refractivity contribution is 0.182. The number of hydrogen-bond acceptors (Lipinski definition) is 3. The van der Waals surface area contributed by atoms with Gasteiger partial charge in [-0.2, -0.15) is 5.10 Å². The molecule has 6 heteroatoms. The fourth-order valence-electron chi connectivity index (χ4n) is 3.02. The zero-order chi connectivity index (χ0) is 19.1. The van der Waals surface area contributed by atoms with E-state index < -0.39 is 0 Å². The molecule has 0 saturated carbocycles. The molecule has 0 saturated heterocycles. The van der Waals surface area contributed by atoms with E-state index in [0.29, 0.717) is 32.8 Å². The summed E-state index contributed by atoms with van der Waals surface area (Å²) in [5, 5.41) is 7.58. The molecule has 0 radical (unpaired) electrons. The van der Waals surface area contributed by atoms with E-state index in [0.717, 1.165) is 22.5 Å². The highest BCUT2D eigenvalue weighted by molar-refractivity contribution is 5.74. The molecule has 0 aliphatic carbocycles. The number of amides is 2. The summed E-state index contributed by atoms with van der Waals surface area (Å²) in [5.41, 5.74) is 5.43. The summed E-state index contributed by atoms with van der Waals surface area (Å²) in [4.78, 5) is 14.4. The lowest BCUT2D eigenvalue weighted by Crippen LogP contribution is -2.39. The molecule has 26 heavy (non-hydrogen) atoms. The summed E-state index contributed by atoms with van der Waals surface area (Å²) in [6, 6.07) is 8.20. The molecule has 2 rings (SSSR count). The first-order valence-electron chi connectivity index (χ1n) is 9.06. The van der Waals surface area contributed by atoms with Crippen LogP contribution in [-0.4, -0.2) is 41.0 Å². The molecule has 0 spiro atoms. The van der Waals surface area contributed by atoms with Gasteiger partial charge in [0.2, 0.25) is 0 Å². The molecule has 0 atom stereocenters. The predicted octanol–water partition coefficient (Wildman–Crippen LogP) is 3.19. The number of methoxy groups -OCH3 is 1. The van der Waals surface area contributed by atoms with Gasteiger partial charge in [-0.05, 0) is 33.3 Å². The lowest BCUT2D eigenvalue weighted by atomic mass is 10.1. The summed E-state index contributed by atoms with van der Waals surface area (Å²) in [6.07, 6.45) is 0. The van der Waals surface area contributed by atoms with Crippen LogP contribution < -0.4 is 5.32 Å². The normalized spacial score (nSPS) is 10.8. The Balaban J connectivity index is 1.99. The smallest absolute Gasteiger partial charge is 0.317 e. The number of carbonyl (C=O) groups is 1. The summed E-state index contributed by atoms with van der Waals surface area (Å²) in [7, 11) is 1.68. The van der Waals surface area contributed by atoms with Crippen LogP contribution in [-0.2, 0) is 24.4 Å². The van der Waals surface area contributed by atoms with Crippen LogP contribution in [0.5, 0.6) is 0 Å². The molecule has 0 fully saturated rings. The monoisotopic (exact) mass is 358 g/mol. The Bertz CT molecular complexity index is 739. The first kappa shape index (κ1) is 20.0. The van der Waals surface area contributed by atoms with Crippen LogP contribution >= 0.6 is 0 Å². The molecule has 0 unspecified atom stereocenters. The van der Waals surface area contributed by atoms with Gasteiger partial charge in [0.25, 0.3) is 0 Å². The third-order valence-corrected chi connectivity index (χ3v) is 4.58. The first-order chi connectivity index (χ1) is 12.5. The Kier molecular flexibility index (Phi) is 7.21. The van der Waals surface area contributed by atoms with E-state index in [2.05, 4.69) is 35.5 Å². The summed E-state index contributed by atoms with van der Waals surface area (Å²) >= 11 is 0. The van der Waals surface area contributed by atoms with Crippen LogP contribution in [0, 0.1) is 20.8 Å². The zero-order valence-electron chi connectivity index (χ0n) is 16.5. The highest BCUT2D eigenvalue weighted by atomic mass is 16.5. The van der Waals surface area contributed by atoms with Crippen LogP contribution in [0.25, 0.3) is 0 Å². The van der Waals surface area contributed by atoms with Crippen molar-refractivity contribution in [1.82, 2.24) is 20.0 Å². The number of carbonyl (C=O) groups excluding carboxylic acids is 1. The second-order valence-corrected chi connectivity index (χ2v) is 6.53. The highest BCUT2D eigenvalue weighted by Gasteiger charge is 2.15. The molecule has 6 nitrogen and oxygen atoms in total. The van der Waals surface area contributed by atoms with Crippen molar-refractivity contribution in [3.63, 3.8) is 0 Å². The molecule has 1 heterocycles. The Hall–Kier alpha value is -2.34. The molecule has 0 aliphatic heterocycles. The first-order valence-corrected chi connectivity index (χ1v) is 9.06. The van der Waals surface area contributed by atoms with Crippen LogP contribution in [0.4, 0.5) is 4.79 Å². The topological polar surface area (TPSA) is 59.4 Å². The average Bonchev–Trinajstić information content (AvgIpc) is 2.89. The molecule has 2 amide bonds. The minimum atomic E-state index is -0.0579. The largest absolute Gasteiger partial charge is 0.383 e. The van der Waals surface area contributed by atoms with Crippen molar-refractivity contribution in [2.75, 3.05) is 20.3 Å². The number of rotatable bonds is 8. The number of benzene rings is 1. The molecule has 1 aromatic carbocycles. The van der Waals surface area contributed by atoms with E-state index in [1.54, 1.807) is 7.11 Å². The highest BCUT2D eigenvalue weighted by Crippen LogP contribution is 2.13. The molecule has 0 aliphatic rings. The number of urea groups is 1.